The van der Waals surface area contributed by atoms with Crippen LogP contribution in [-0.2, 0) is 9.53 Å². The van der Waals surface area contributed by atoms with Crippen LogP contribution in [0.2, 0.25) is 0 Å². The first kappa shape index (κ1) is 13.2. The number of hydrogen-bond donors (Lipinski definition) is 1. The van der Waals surface area contributed by atoms with E-state index in [0.29, 0.717) is 5.75 Å². The Morgan fingerprint density at radius 3 is 2.44 bits per heavy atom. The van der Waals surface area contributed by atoms with Gasteiger partial charge in [-0.2, -0.15) is 0 Å². The lowest BCUT2D eigenvalue weighted by molar-refractivity contribution is -0.142. The average molecular weight is 247 g/mol. The van der Waals surface area contributed by atoms with Crippen LogP contribution in [0.5, 0.6) is 0 Å². The second kappa shape index (κ2) is 4.53. The highest BCUT2D eigenvalue weighted by Gasteiger charge is 2.41. The molecule has 1 amide bonds. The van der Waals surface area contributed by atoms with Crippen LogP contribution in [0.15, 0.2) is 0 Å². The zero-order valence-corrected chi connectivity index (χ0v) is 10.7. The van der Waals surface area contributed by atoms with E-state index in [9.17, 15) is 9.59 Å². The molecular weight excluding hydrogens is 230 g/mol. The number of carbonyl (C=O) groups excluding carboxylic acids is 1. The zero-order chi connectivity index (χ0) is 12.5. The molecule has 6 heteroatoms. The first-order valence-corrected chi connectivity index (χ1v) is 6.13. The van der Waals surface area contributed by atoms with Gasteiger partial charge in [-0.1, -0.05) is 0 Å². The zero-order valence-electron chi connectivity index (χ0n) is 9.89. The SMILES string of the molecule is CC1SC[C@H](C(=O)O)N1C(=O)OC(C)(C)C. The molecule has 2 atom stereocenters. The molecule has 0 aliphatic carbocycles. The Balaban J connectivity index is 2.76. The van der Waals surface area contributed by atoms with E-state index in [0.717, 1.165) is 0 Å². The fourth-order valence-corrected chi connectivity index (χ4v) is 2.58. The minimum atomic E-state index is -0.984. The summed E-state index contributed by atoms with van der Waals surface area (Å²) in [6.45, 7) is 7.08. The quantitative estimate of drug-likeness (QED) is 0.765. The largest absolute Gasteiger partial charge is 0.480 e. The maximum Gasteiger partial charge on any atom is 0.411 e. The summed E-state index contributed by atoms with van der Waals surface area (Å²) in [6, 6.07) is -0.783. The molecule has 0 bridgehead atoms. The van der Waals surface area contributed by atoms with Crippen LogP contribution in [0.3, 0.4) is 0 Å². The van der Waals surface area contributed by atoms with E-state index in [-0.39, 0.29) is 5.37 Å². The van der Waals surface area contributed by atoms with Gasteiger partial charge in [0, 0.05) is 5.75 Å². The topological polar surface area (TPSA) is 66.8 Å². The lowest BCUT2D eigenvalue weighted by Gasteiger charge is -2.28. The summed E-state index contributed by atoms with van der Waals surface area (Å²) in [7, 11) is 0. The van der Waals surface area contributed by atoms with E-state index in [1.165, 1.54) is 16.7 Å². The Labute approximate surface area is 99.1 Å². The van der Waals surface area contributed by atoms with Gasteiger partial charge in [0.15, 0.2) is 0 Å². The predicted molar refractivity (Wildman–Crippen MR) is 61.4 cm³/mol. The molecular formula is C10H17NO4S. The Morgan fingerprint density at radius 2 is 2.00 bits per heavy atom. The summed E-state index contributed by atoms with van der Waals surface area (Å²) in [5.41, 5.74) is -0.604. The lowest BCUT2D eigenvalue weighted by Crippen LogP contribution is -2.46. The van der Waals surface area contributed by atoms with Gasteiger partial charge in [0.25, 0.3) is 0 Å². The molecule has 0 saturated carbocycles. The first-order valence-electron chi connectivity index (χ1n) is 5.08. The van der Waals surface area contributed by atoms with Crippen molar-refractivity contribution < 1.29 is 19.4 Å². The molecule has 1 aliphatic heterocycles. The van der Waals surface area contributed by atoms with Crippen molar-refractivity contribution in [1.29, 1.82) is 0 Å². The monoisotopic (exact) mass is 247 g/mol. The molecule has 1 N–H and O–H groups in total. The van der Waals surface area contributed by atoms with E-state index in [4.69, 9.17) is 9.84 Å². The van der Waals surface area contributed by atoms with Gasteiger partial charge in [-0.05, 0) is 27.7 Å². The van der Waals surface area contributed by atoms with Gasteiger partial charge in [-0.15, -0.1) is 11.8 Å². The van der Waals surface area contributed by atoms with Crippen molar-refractivity contribution in [2.75, 3.05) is 5.75 Å². The van der Waals surface area contributed by atoms with Crippen LogP contribution < -0.4 is 0 Å². The highest BCUT2D eigenvalue weighted by Crippen LogP contribution is 2.30. The third-order valence-corrected chi connectivity index (χ3v) is 3.33. The normalized spacial score (nSPS) is 25.6. The van der Waals surface area contributed by atoms with Gasteiger partial charge in [0.05, 0.1) is 5.37 Å². The highest BCUT2D eigenvalue weighted by molar-refractivity contribution is 8.00. The van der Waals surface area contributed by atoms with Crippen LogP contribution in [0.1, 0.15) is 27.7 Å². The first-order chi connectivity index (χ1) is 7.22. The predicted octanol–water partition coefficient (Wildman–Crippen LogP) is 1.77. The van der Waals surface area contributed by atoms with Crippen molar-refractivity contribution in [2.24, 2.45) is 0 Å². The number of thioether (sulfide) groups is 1. The molecule has 1 unspecified atom stereocenters. The van der Waals surface area contributed by atoms with E-state index in [1.54, 1.807) is 27.7 Å². The highest BCUT2D eigenvalue weighted by atomic mass is 32.2. The van der Waals surface area contributed by atoms with Crippen LogP contribution in [0.25, 0.3) is 0 Å². The van der Waals surface area contributed by atoms with Crippen molar-refractivity contribution in [1.82, 2.24) is 4.90 Å². The number of carboxylic acid groups (broad SMARTS) is 1. The maximum atomic E-state index is 11.8. The van der Waals surface area contributed by atoms with Crippen molar-refractivity contribution >= 4 is 23.8 Å². The van der Waals surface area contributed by atoms with Gasteiger partial charge in [-0.25, -0.2) is 9.59 Å². The molecule has 0 aromatic heterocycles. The molecule has 0 aromatic carbocycles. The van der Waals surface area contributed by atoms with Crippen LogP contribution >= 0.6 is 11.8 Å². The summed E-state index contributed by atoms with van der Waals surface area (Å²) in [6.07, 6.45) is -0.558. The van der Waals surface area contributed by atoms with Crippen molar-refractivity contribution in [2.45, 2.75) is 44.7 Å². The van der Waals surface area contributed by atoms with Crippen LogP contribution in [-0.4, -0.2) is 44.8 Å². The van der Waals surface area contributed by atoms with Crippen molar-refractivity contribution in [3.05, 3.63) is 0 Å². The van der Waals surface area contributed by atoms with Crippen molar-refractivity contribution in [3.63, 3.8) is 0 Å². The Morgan fingerprint density at radius 1 is 1.44 bits per heavy atom. The third kappa shape index (κ3) is 3.04. The Bertz CT molecular complexity index is 300. The molecule has 1 aliphatic rings. The standard InChI is InChI=1S/C10H17NO4S/c1-6-11(7(5-16-6)8(12)13)9(14)15-10(2,3)4/h6-7H,5H2,1-4H3,(H,12,13)/t6?,7-/m1/s1. The van der Waals surface area contributed by atoms with Gasteiger partial charge in [0.1, 0.15) is 11.6 Å². The third-order valence-electron chi connectivity index (χ3n) is 2.11. The molecule has 1 heterocycles. The molecule has 0 radical (unpaired) electrons. The molecule has 1 fully saturated rings. The van der Waals surface area contributed by atoms with E-state index in [2.05, 4.69) is 0 Å². The van der Waals surface area contributed by atoms with Crippen LogP contribution in [0, 0.1) is 0 Å². The number of rotatable bonds is 1. The van der Waals surface area contributed by atoms with Gasteiger partial charge in [-0.3, -0.25) is 4.90 Å². The van der Waals surface area contributed by atoms with Gasteiger partial charge >= 0.3 is 12.1 Å². The number of nitrogens with zero attached hydrogens (tertiary/aromatic N) is 1. The molecule has 0 aromatic rings. The molecule has 92 valence electrons. The summed E-state index contributed by atoms with van der Waals surface area (Å²) >= 11 is 1.44. The maximum absolute atomic E-state index is 11.8. The summed E-state index contributed by atoms with van der Waals surface area (Å²) in [5.74, 6) is -0.571. The Hall–Kier alpha value is -0.910. The minimum Gasteiger partial charge on any atom is -0.480 e. The fraction of sp³-hybridized carbons (Fsp3) is 0.800. The number of aliphatic carboxylic acids is 1. The second-order valence-electron chi connectivity index (χ2n) is 4.67. The molecule has 0 spiro atoms. The van der Waals surface area contributed by atoms with Gasteiger partial charge < -0.3 is 9.84 Å². The Kier molecular flexibility index (Phi) is 3.72. The van der Waals surface area contributed by atoms with E-state index in [1.807, 2.05) is 0 Å². The lowest BCUT2D eigenvalue weighted by atomic mass is 10.2. The molecule has 16 heavy (non-hydrogen) atoms. The molecule has 1 rings (SSSR count). The number of ether oxygens (including phenoxy) is 1. The molecule has 5 nitrogen and oxygen atoms in total. The summed E-state index contributed by atoms with van der Waals surface area (Å²) in [4.78, 5) is 24.1. The molecule has 1 saturated heterocycles. The number of carbonyl (C=O) groups is 2. The number of carboxylic acids is 1. The summed E-state index contributed by atoms with van der Waals surface area (Å²) in [5, 5.41) is 8.83. The second-order valence-corrected chi connectivity index (χ2v) is 6.02. The number of amides is 1. The summed E-state index contributed by atoms with van der Waals surface area (Å²) < 4.78 is 5.18. The fourth-order valence-electron chi connectivity index (χ4n) is 1.43. The van der Waals surface area contributed by atoms with Crippen LogP contribution in [0.4, 0.5) is 4.79 Å². The van der Waals surface area contributed by atoms with Gasteiger partial charge in [0.2, 0.25) is 0 Å². The average Bonchev–Trinajstić information content (AvgIpc) is 2.43. The van der Waals surface area contributed by atoms with Crippen molar-refractivity contribution in [3.8, 4) is 0 Å². The smallest absolute Gasteiger partial charge is 0.411 e. The van der Waals surface area contributed by atoms with E-state index >= 15 is 0 Å². The minimum absolute atomic E-state index is 0.157. The number of hydrogen-bond acceptors (Lipinski definition) is 4. The van der Waals surface area contributed by atoms with E-state index < -0.39 is 23.7 Å².